The minimum absolute atomic E-state index is 0.153. The topological polar surface area (TPSA) is 113 Å². The quantitative estimate of drug-likeness (QED) is 0.193. The van der Waals surface area contributed by atoms with Crippen LogP contribution in [-0.4, -0.2) is 45.8 Å². The maximum Gasteiger partial charge on any atom is 0.264 e. The van der Waals surface area contributed by atoms with Gasteiger partial charge in [0.05, 0.1) is 12.0 Å². The third-order valence-corrected chi connectivity index (χ3v) is 5.40. The Hall–Kier alpha value is -3.53. The Kier molecular flexibility index (Phi) is 7.88. The Balaban J connectivity index is 1.51. The summed E-state index contributed by atoms with van der Waals surface area (Å²) in [7, 11) is 0. The lowest BCUT2D eigenvalue weighted by Crippen LogP contribution is -2.21. The molecule has 0 saturated carbocycles. The second kappa shape index (κ2) is 11.0. The van der Waals surface area contributed by atoms with Crippen LogP contribution in [0.25, 0.3) is 0 Å². The van der Waals surface area contributed by atoms with Gasteiger partial charge in [-0.1, -0.05) is 42.1 Å². The highest BCUT2D eigenvalue weighted by Gasteiger charge is 2.12. The third kappa shape index (κ3) is 6.22. The number of nitrogen functional groups attached to an aromatic ring is 1. The second-order valence-electron chi connectivity index (χ2n) is 6.51. The van der Waals surface area contributed by atoms with Crippen LogP contribution in [0.4, 0.5) is 17.3 Å². The molecule has 0 radical (unpaired) electrons. The molecule has 31 heavy (non-hydrogen) atoms. The molecule has 10 heteroatoms. The molecule has 0 aliphatic heterocycles. The van der Waals surface area contributed by atoms with Crippen molar-refractivity contribution in [1.29, 1.82) is 0 Å². The number of rotatable bonds is 10. The number of hydrazone groups is 1. The third-order valence-electron chi connectivity index (χ3n) is 4.45. The van der Waals surface area contributed by atoms with Gasteiger partial charge in [-0.25, -0.2) is 10.1 Å². The zero-order valence-corrected chi connectivity index (χ0v) is 18.3. The number of hydrogen-bond acceptors (Lipinski definition) is 8. The summed E-state index contributed by atoms with van der Waals surface area (Å²) in [5.74, 6) is 6.29. The van der Waals surface area contributed by atoms with Gasteiger partial charge >= 0.3 is 0 Å². The predicted molar refractivity (Wildman–Crippen MR) is 127 cm³/mol. The van der Waals surface area contributed by atoms with E-state index in [1.165, 1.54) is 22.1 Å². The summed E-state index contributed by atoms with van der Waals surface area (Å²) in [6.07, 6.45) is 1.68. The van der Waals surface area contributed by atoms with Crippen molar-refractivity contribution in [2.75, 3.05) is 40.3 Å². The SMILES string of the molecule is CCN(CC)c1ccc(/C=N/Nc2nnc(SCC(=O)Nc3ccccc3)n2N)cc1. The summed E-state index contributed by atoms with van der Waals surface area (Å²) in [5, 5.41) is 15.4. The van der Waals surface area contributed by atoms with Gasteiger partial charge in [0.1, 0.15) is 0 Å². The van der Waals surface area contributed by atoms with Crippen molar-refractivity contribution in [2.45, 2.75) is 19.0 Å². The molecule has 162 valence electrons. The van der Waals surface area contributed by atoms with Gasteiger partial charge in [0.15, 0.2) is 0 Å². The maximum absolute atomic E-state index is 12.1. The van der Waals surface area contributed by atoms with Gasteiger partial charge in [-0.15, -0.1) is 10.2 Å². The molecular weight excluding hydrogens is 412 g/mol. The lowest BCUT2D eigenvalue weighted by atomic mass is 10.2. The summed E-state index contributed by atoms with van der Waals surface area (Å²) in [4.78, 5) is 14.3. The zero-order chi connectivity index (χ0) is 22.1. The predicted octanol–water partition coefficient (Wildman–Crippen LogP) is 3.01. The van der Waals surface area contributed by atoms with Crippen molar-refractivity contribution < 1.29 is 4.79 Å². The number of benzene rings is 2. The molecule has 3 rings (SSSR count). The number of thioether (sulfide) groups is 1. The molecule has 0 aliphatic carbocycles. The Morgan fingerprint density at radius 1 is 1.13 bits per heavy atom. The van der Waals surface area contributed by atoms with Crippen LogP contribution in [0, 0.1) is 0 Å². The van der Waals surface area contributed by atoms with E-state index in [4.69, 9.17) is 5.84 Å². The first-order chi connectivity index (χ1) is 15.1. The molecule has 2 aromatic carbocycles. The summed E-state index contributed by atoms with van der Waals surface area (Å²) in [6, 6.07) is 17.4. The maximum atomic E-state index is 12.1. The highest BCUT2D eigenvalue weighted by molar-refractivity contribution is 7.99. The van der Waals surface area contributed by atoms with Crippen molar-refractivity contribution in [3.63, 3.8) is 0 Å². The molecule has 0 spiro atoms. The van der Waals surface area contributed by atoms with Crippen LogP contribution in [0.5, 0.6) is 0 Å². The molecule has 0 fully saturated rings. The Morgan fingerprint density at radius 3 is 2.52 bits per heavy atom. The largest absolute Gasteiger partial charge is 0.372 e. The number of hydrogen-bond donors (Lipinski definition) is 3. The van der Waals surface area contributed by atoms with E-state index >= 15 is 0 Å². The summed E-state index contributed by atoms with van der Waals surface area (Å²) in [6.45, 7) is 6.19. The number of nitrogens with one attached hydrogen (secondary N) is 2. The summed E-state index contributed by atoms with van der Waals surface area (Å²) in [5.41, 5.74) is 5.64. The number of nitrogens with zero attached hydrogens (tertiary/aromatic N) is 5. The number of carbonyl (C=O) groups excluding carboxylic acids is 1. The molecule has 1 aromatic heterocycles. The summed E-state index contributed by atoms with van der Waals surface area (Å²) >= 11 is 1.19. The van der Waals surface area contributed by atoms with E-state index in [1.54, 1.807) is 6.21 Å². The number of nitrogens with two attached hydrogens (primary N) is 1. The first-order valence-electron chi connectivity index (χ1n) is 9.93. The summed E-state index contributed by atoms with van der Waals surface area (Å²) < 4.78 is 1.27. The fraction of sp³-hybridized carbons (Fsp3) is 0.238. The molecule has 9 nitrogen and oxygen atoms in total. The molecule has 0 atom stereocenters. The van der Waals surface area contributed by atoms with E-state index < -0.39 is 0 Å². The molecule has 3 aromatic rings. The normalized spacial score (nSPS) is 10.9. The van der Waals surface area contributed by atoms with Crippen LogP contribution in [-0.2, 0) is 4.79 Å². The number of para-hydroxylation sites is 1. The molecule has 0 aliphatic rings. The lowest BCUT2D eigenvalue weighted by Gasteiger charge is -2.20. The van der Waals surface area contributed by atoms with Crippen LogP contribution in [0.3, 0.4) is 0 Å². The minimum atomic E-state index is -0.153. The number of anilines is 3. The average molecular weight is 439 g/mol. The van der Waals surface area contributed by atoms with Gasteiger partial charge in [0.25, 0.3) is 5.95 Å². The van der Waals surface area contributed by atoms with Crippen molar-refractivity contribution in [3.05, 3.63) is 60.2 Å². The van der Waals surface area contributed by atoms with Crippen LogP contribution in [0.15, 0.2) is 64.9 Å². The number of aromatic nitrogens is 3. The van der Waals surface area contributed by atoms with Gasteiger partial charge in [0, 0.05) is 24.5 Å². The average Bonchev–Trinajstić information content (AvgIpc) is 3.14. The van der Waals surface area contributed by atoms with E-state index in [0.717, 1.165) is 24.3 Å². The van der Waals surface area contributed by atoms with Gasteiger partial charge in [-0.3, -0.25) is 4.79 Å². The highest BCUT2D eigenvalue weighted by atomic mass is 32.2. The Morgan fingerprint density at radius 2 is 1.84 bits per heavy atom. The van der Waals surface area contributed by atoms with Crippen LogP contribution in [0.1, 0.15) is 19.4 Å². The van der Waals surface area contributed by atoms with E-state index in [0.29, 0.717) is 5.16 Å². The minimum Gasteiger partial charge on any atom is -0.372 e. The molecule has 1 amide bonds. The molecular formula is C21H26N8OS. The van der Waals surface area contributed by atoms with E-state index in [1.807, 2.05) is 42.5 Å². The highest BCUT2D eigenvalue weighted by Crippen LogP contribution is 2.17. The molecule has 4 N–H and O–H groups in total. The monoisotopic (exact) mass is 438 g/mol. The molecule has 1 heterocycles. The van der Waals surface area contributed by atoms with Crippen molar-refractivity contribution in [2.24, 2.45) is 5.10 Å². The van der Waals surface area contributed by atoms with Crippen LogP contribution >= 0.6 is 11.8 Å². The second-order valence-corrected chi connectivity index (χ2v) is 7.46. The van der Waals surface area contributed by atoms with E-state index in [2.05, 4.69) is 56.9 Å². The number of amides is 1. The van der Waals surface area contributed by atoms with Gasteiger partial charge in [-0.2, -0.15) is 5.10 Å². The Labute approximate surface area is 185 Å². The smallest absolute Gasteiger partial charge is 0.264 e. The van der Waals surface area contributed by atoms with Crippen molar-refractivity contribution >= 4 is 41.2 Å². The van der Waals surface area contributed by atoms with Gasteiger partial charge in [0.2, 0.25) is 11.1 Å². The fourth-order valence-electron chi connectivity index (χ4n) is 2.82. The molecule has 0 bridgehead atoms. The van der Waals surface area contributed by atoms with E-state index in [-0.39, 0.29) is 17.6 Å². The first kappa shape index (κ1) is 22.2. The molecule has 0 saturated heterocycles. The standard InChI is InChI=1S/C21H26N8OS/c1-3-28(4-2)18-12-10-16(11-13-18)14-23-25-20-26-27-21(29(20)22)31-15-19(30)24-17-8-6-5-7-9-17/h5-14H,3-4,15,22H2,1-2H3,(H,24,30)(H,25,26)/b23-14+. The van der Waals surface area contributed by atoms with Crippen molar-refractivity contribution in [1.82, 2.24) is 14.9 Å². The van der Waals surface area contributed by atoms with Gasteiger partial charge < -0.3 is 16.1 Å². The molecule has 0 unspecified atom stereocenters. The fourth-order valence-corrected chi connectivity index (χ4v) is 3.48. The Bertz CT molecular complexity index is 1000. The van der Waals surface area contributed by atoms with Gasteiger partial charge in [-0.05, 0) is 43.7 Å². The first-order valence-corrected chi connectivity index (χ1v) is 10.9. The van der Waals surface area contributed by atoms with Crippen LogP contribution in [0.2, 0.25) is 0 Å². The lowest BCUT2D eigenvalue weighted by molar-refractivity contribution is -0.113. The van der Waals surface area contributed by atoms with E-state index in [9.17, 15) is 4.79 Å². The zero-order valence-electron chi connectivity index (χ0n) is 17.5. The number of carbonyl (C=O) groups is 1. The van der Waals surface area contributed by atoms with Crippen molar-refractivity contribution in [3.8, 4) is 0 Å². The van der Waals surface area contributed by atoms with Crippen LogP contribution < -0.4 is 21.5 Å².